The first kappa shape index (κ1) is 9.73. The lowest BCUT2D eigenvalue weighted by molar-refractivity contribution is 0.740. The van der Waals surface area contributed by atoms with E-state index in [1.54, 1.807) is 0 Å². The van der Waals surface area contributed by atoms with E-state index in [0.717, 1.165) is 0 Å². The van der Waals surface area contributed by atoms with Crippen LogP contribution in [0.2, 0.25) is 0 Å². The third kappa shape index (κ3) is 2.31. The highest BCUT2D eigenvalue weighted by molar-refractivity contribution is 14.1. The summed E-state index contributed by atoms with van der Waals surface area (Å²) < 4.78 is 1.99. The van der Waals surface area contributed by atoms with Gasteiger partial charge in [0.2, 0.25) is 0 Å². The molecule has 1 aromatic heterocycles. The van der Waals surface area contributed by atoms with Crippen LogP contribution in [-0.4, -0.2) is 9.55 Å². The van der Waals surface area contributed by atoms with Crippen molar-refractivity contribution in [2.45, 2.75) is 6.54 Å². The zero-order valence-corrected chi connectivity index (χ0v) is 9.04. The summed E-state index contributed by atoms with van der Waals surface area (Å²) in [5.74, 6) is 0. The molecule has 0 bridgehead atoms. The molecule has 0 amide bonds. The van der Waals surface area contributed by atoms with E-state index in [1.807, 2.05) is 22.6 Å². The molecule has 0 unspecified atom stereocenters. The fourth-order valence-electron chi connectivity index (χ4n) is 0.722. The molecule has 0 aromatic carbocycles. The average Bonchev–Trinajstić information content (AvgIpc) is 1.98. The van der Waals surface area contributed by atoms with Gasteiger partial charge in [-0.1, -0.05) is 18.2 Å². The van der Waals surface area contributed by atoms with Crippen LogP contribution < -0.4 is 5.56 Å². The van der Waals surface area contributed by atoms with Crippen molar-refractivity contribution < 1.29 is 0 Å². The van der Waals surface area contributed by atoms with Gasteiger partial charge >= 0.3 is 0 Å². The van der Waals surface area contributed by atoms with Gasteiger partial charge in [-0.3, -0.25) is 9.36 Å². The van der Waals surface area contributed by atoms with Gasteiger partial charge in [0, 0.05) is 11.2 Å². The molecule has 0 spiro atoms. The summed E-state index contributed by atoms with van der Waals surface area (Å²) in [6.45, 7) is 3.81. The second-order valence-corrected chi connectivity index (χ2v) is 3.89. The summed E-state index contributed by atoms with van der Waals surface area (Å²) in [4.78, 5) is 15.2. The number of hydrogen-bond donors (Lipinski definition) is 0. The molecule has 5 heteroatoms. The van der Waals surface area contributed by atoms with Gasteiger partial charge in [0.15, 0.2) is 0 Å². The molecule has 0 aliphatic carbocycles. The van der Waals surface area contributed by atoms with Crippen LogP contribution in [0.5, 0.6) is 0 Å². The molecule has 0 aliphatic rings. The molecule has 64 valence electrons. The lowest BCUT2D eigenvalue weighted by Crippen LogP contribution is -2.22. The quantitative estimate of drug-likeness (QED) is 0.777. The lowest BCUT2D eigenvalue weighted by Gasteiger charge is -2.01. The Hall–Kier alpha value is -0.360. The van der Waals surface area contributed by atoms with Crippen LogP contribution >= 0.6 is 34.2 Å². The summed E-state index contributed by atoms with van der Waals surface area (Å²) in [5, 5.41) is 0.418. The van der Waals surface area contributed by atoms with Crippen molar-refractivity contribution in [2.75, 3.05) is 0 Å². The van der Waals surface area contributed by atoms with Crippen LogP contribution in [0.3, 0.4) is 0 Å². The minimum absolute atomic E-state index is 0.0904. The van der Waals surface area contributed by atoms with E-state index in [0.29, 0.717) is 15.1 Å². The monoisotopic (exact) mass is 296 g/mol. The Labute approximate surface area is 88.2 Å². The van der Waals surface area contributed by atoms with Crippen molar-refractivity contribution in [1.29, 1.82) is 0 Å². The lowest BCUT2D eigenvalue weighted by atomic mass is 10.5. The summed E-state index contributed by atoms with van der Waals surface area (Å²) in [6.07, 6.45) is 2.95. The first-order valence-electron chi connectivity index (χ1n) is 3.14. The summed E-state index contributed by atoms with van der Waals surface area (Å²) in [6, 6.07) is 0. The topological polar surface area (TPSA) is 34.9 Å². The molecule has 0 radical (unpaired) electrons. The number of allylic oxidation sites excluding steroid dienone is 1. The van der Waals surface area contributed by atoms with Crippen LogP contribution in [0, 0.1) is 3.57 Å². The minimum Gasteiger partial charge on any atom is -0.293 e. The maximum Gasteiger partial charge on any atom is 0.267 e. The standard InChI is InChI=1S/C7H6ClIN2O/c1-5(8)3-11-4-10-2-6(9)7(11)12/h2,4H,1,3H2. The highest BCUT2D eigenvalue weighted by atomic mass is 127. The predicted molar refractivity (Wildman–Crippen MR) is 56.2 cm³/mol. The Morgan fingerprint density at radius 3 is 3.08 bits per heavy atom. The summed E-state index contributed by atoms with van der Waals surface area (Å²) in [5.41, 5.74) is -0.0904. The van der Waals surface area contributed by atoms with Gasteiger partial charge in [0.25, 0.3) is 5.56 Å². The average molecular weight is 296 g/mol. The molecule has 0 fully saturated rings. The fraction of sp³-hybridized carbons (Fsp3) is 0.143. The molecule has 3 nitrogen and oxygen atoms in total. The van der Waals surface area contributed by atoms with E-state index >= 15 is 0 Å². The van der Waals surface area contributed by atoms with Gasteiger partial charge < -0.3 is 0 Å². The number of rotatable bonds is 2. The molecular weight excluding hydrogens is 290 g/mol. The molecule has 0 N–H and O–H groups in total. The molecule has 1 aromatic rings. The number of halogens is 2. The second kappa shape index (κ2) is 4.04. The van der Waals surface area contributed by atoms with E-state index in [9.17, 15) is 4.79 Å². The highest BCUT2D eigenvalue weighted by Crippen LogP contribution is 2.00. The van der Waals surface area contributed by atoms with Crippen molar-refractivity contribution in [3.8, 4) is 0 Å². The number of nitrogens with zero attached hydrogens (tertiary/aromatic N) is 2. The maximum absolute atomic E-state index is 11.3. The SMILES string of the molecule is C=C(Cl)Cn1cncc(I)c1=O. The van der Waals surface area contributed by atoms with Crippen LogP contribution in [0.4, 0.5) is 0 Å². The van der Waals surface area contributed by atoms with Gasteiger partial charge in [-0.15, -0.1) is 0 Å². The Kier molecular flexibility index (Phi) is 3.28. The van der Waals surface area contributed by atoms with Gasteiger partial charge in [-0.2, -0.15) is 0 Å². The van der Waals surface area contributed by atoms with Crippen molar-refractivity contribution in [2.24, 2.45) is 0 Å². The largest absolute Gasteiger partial charge is 0.293 e. The Bertz CT molecular complexity index is 361. The summed E-state index contributed by atoms with van der Waals surface area (Å²) in [7, 11) is 0. The van der Waals surface area contributed by atoms with E-state index in [-0.39, 0.29) is 5.56 Å². The molecule has 0 saturated carbocycles. The highest BCUT2D eigenvalue weighted by Gasteiger charge is 2.00. The van der Waals surface area contributed by atoms with Gasteiger partial charge in [-0.05, 0) is 22.6 Å². The van der Waals surface area contributed by atoms with Crippen molar-refractivity contribution in [3.05, 3.63) is 38.1 Å². The maximum atomic E-state index is 11.3. The molecule has 0 aliphatic heterocycles. The van der Waals surface area contributed by atoms with Gasteiger partial charge in [-0.25, -0.2) is 4.98 Å². The third-order valence-corrected chi connectivity index (χ3v) is 2.06. The fourth-order valence-corrected chi connectivity index (χ4v) is 1.32. The Morgan fingerprint density at radius 1 is 1.83 bits per heavy atom. The first-order valence-corrected chi connectivity index (χ1v) is 4.60. The smallest absolute Gasteiger partial charge is 0.267 e. The van der Waals surface area contributed by atoms with Gasteiger partial charge in [0.05, 0.1) is 16.4 Å². The molecule has 12 heavy (non-hydrogen) atoms. The normalized spacial score (nSPS) is 9.83. The van der Waals surface area contributed by atoms with Crippen LogP contribution in [0.15, 0.2) is 28.9 Å². The zero-order valence-electron chi connectivity index (χ0n) is 6.13. The Morgan fingerprint density at radius 2 is 2.50 bits per heavy atom. The van der Waals surface area contributed by atoms with E-state index in [4.69, 9.17) is 11.6 Å². The summed E-state index contributed by atoms with van der Waals surface area (Å²) >= 11 is 7.48. The zero-order chi connectivity index (χ0) is 9.14. The van der Waals surface area contributed by atoms with E-state index in [1.165, 1.54) is 17.1 Å². The number of aromatic nitrogens is 2. The second-order valence-electron chi connectivity index (χ2n) is 2.19. The third-order valence-electron chi connectivity index (χ3n) is 1.20. The minimum atomic E-state index is -0.0904. The van der Waals surface area contributed by atoms with E-state index < -0.39 is 0 Å². The first-order chi connectivity index (χ1) is 5.61. The molecular formula is C7H6ClIN2O. The van der Waals surface area contributed by atoms with Gasteiger partial charge in [0.1, 0.15) is 0 Å². The van der Waals surface area contributed by atoms with Crippen molar-refractivity contribution in [1.82, 2.24) is 9.55 Å². The molecule has 1 rings (SSSR count). The van der Waals surface area contributed by atoms with Crippen LogP contribution in [0.25, 0.3) is 0 Å². The van der Waals surface area contributed by atoms with E-state index in [2.05, 4.69) is 11.6 Å². The van der Waals surface area contributed by atoms with Crippen LogP contribution in [0.1, 0.15) is 0 Å². The van der Waals surface area contributed by atoms with Crippen molar-refractivity contribution >= 4 is 34.2 Å². The van der Waals surface area contributed by atoms with Crippen LogP contribution in [-0.2, 0) is 6.54 Å². The Balaban J connectivity index is 3.09. The molecule has 0 saturated heterocycles. The number of hydrogen-bond acceptors (Lipinski definition) is 2. The predicted octanol–water partition coefficient (Wildman–Crippen LogP) is 1.60. The molecule has 0 atom stereocenters. The van der Waals surface area contributed by atoms with Crippen molar-refractivity contribution in [3.63, 3.8) is 0 Å². The molecule has 1 heterocycles.